The summed E-state index contributed by atoms with van der Waals surface area (Å²) in [6.07, 6.45) is 6.09. The lowest BCUT2D eigenvalue weighted by molar-refractivity contribution is 0.0691. The molecule has 5 heterocycles. The SMILES string of the molecule is CCn1c(-c2cnc(C)nc2)nc2c(OC3CCN(C(=O)N4CCC(C)(O)C4)C3)ncnc21. The van der Waals surface area contributed by atoms with Crippen molar-refractivity contribution in [3.8, 4) is 17.3 Å². The number of urea groups is 1. The van der Waals surface area contributed by atoms with Gasteiger partial charge in [0, 0.05) is 38.4 Å². The molecule has 2 unspecified atom stereocenters. The van der Waals surface area contributed by atoms with E-state index in [9.17, 15) is 9.90 Å². The molecule has 0 saturated carbocycles. The van der Waals surface area contributed by atoms with Gasteiger partial charge in [0.2, 0.25) is 5.88 Å². The van der Waals surface area contributed by atoms with Crippen LogP contribution in [0.15, 0.2) is 18.7 Å². The van der Waals surface area contributed by atoms with Crippen molar-refractivity contribution < 1.29 is 14.6 Å². The van der Waals surface area contributed by atoms with Crippen molar-refractivity contribution in [1.29, 1.82) is 0 Å². The third-order valence-electron chi connectivity index (χ3n) is 6.27. The number of hydrogen-bond donors (Lipinski definition) is 1. The number of aryl methyl sites for hydroxylation is 2. The Morgan fingerprint density at radius 1 is 1.21 bits per heavy atom. The van der Waals surface area contributed by atoms with E-state index in [2.05, 4.69) is 19.9 Å². The van der Waals surface area contributed by atoms with E-state index in [4.69, 9.17) is 9.72 Å². The molecule has 2 fully saturated rings. The van der Waals surface area contributed by atoms with Crippen LogP contribution in [-0.2, 0) is 6.54 Å². The molecule has 0 spiro atoms. The van der Waals surface area contributed by atoms with Crippen LogP contribution in [0.3, 0.4) is 0 Å². The Kier molecular flexibility index (Phi) is 5.35. The number of nitrogens with zero attached hydrogens (tertiary/aromatic N) is 8. The Balaban J connectivity index is 1.35. The number of likely N-dealkylation sites (tertiary alicyclic amines) is 2. The molecule has 2 saturated heterocycles. The highest BCUT2D eigenvalue weighted by atomic mass is 16.5. The number of ether oxygens (including phenoxy) is 1. The lowest BCUT2D eigenvalue weighted by atomic mass is 10.1. The third-order valence-corrected chi connectivity index (χ3v) is 6.27. The molecular weight excluding hydrogens is 424 g/mol. The molecular formula is C22H28N8O3. The van der Waals surface area contributed by atoms with E-state index in [-0.39, 0.29) is 12.1 Å². The molecule has 0 radical (unpaired) electrons. The first kappa shape index (κ1) is 21.5. The van der Waals surface area contributed by atoms with E-state index in [0.29, 0.717) is 74.3 Å². The minimum absolute atomic E-state index is 0.0522. The predicted octanol–water partition coefficient (Wildman–Crippen LogP) is 1.64. The molecule has 174 valence electrons. The fourth-order valence-electron chi connectivity index (χ4n) is 4.49. The third kappa shape index (κ3) is 4.08. The van der Waals surface area contributed by atoms with Gasteiger partial charge in [0.1, 0.15) is 24.1 Å². The van der Waals surface area contributed by atoms with Crippen molar-refractivity contribution in [2.75, 3.05) is 26.2 Å². The molecule has 2 amide bonds. The standard InChI is InChI=1S/C22H28N8O3/c1-4-30-18(15-9-23-14(2)24-10-15)27-17-19(30)25-13-26-20(17)33-16-5-7-28(11-16)21(31)29-8-6-22(3,32)12-29/h9-10,13,16,32H,4-8,11-12H2,1-3H3. The number of β-amino-alcohol motifs (C(OH)–C–C–N with tert-alkyl or cyclic N) is 1. The van der Waals surface area contributed by atoms with Crippen molar-refractivity contribution in [2.24, 2.45) is 0 Å². The zero-order valence-corrected chi connectivity index (χ0v) is 19.1. The van der Waals surface area contributed by atoms with Crippen LogP contribution in [0.1, 0.15) is 32.5 Å². The van der Waals surface area contributed by atoms with E-state index in [1.54, 1.807) is 29.1 Å². The Morgan fingerprint density at radius 3 is 2.70 bits per heavy atom. The molecule has 2 aliphatic rings. The maximum atomic E-state index is 12.8. The van der Waals surface area contributed by atoms with Gasteiger partial charge >= 0.3 is 6.03 Å². The minimum Gasteiger partial charge on any atom is -0.471 e. The highest BCUT2D eigenvalue weighted by Gasteiger charge is 2.38. The Labute approximate surface area is 191 Å². The van der Waals surface area contributed by atoms with Crippen LogP contribution < -0.4 is 4.74 Å². The summed E-state index contributed by atoms with van der Waals surface area (Å²) in [5.74, 6) is 1.81. The highest BCUT2D eigenvalue weighted by molar-refractivity contribution is 5.81. The zero-order chi connectivity index (χ0) is 23.2. The lowest BCUT2D eigenvalue weighted by Gasteiger charge is -2.25. The van der Waals surface area contributed by atoms with Crippen molar-refractivity contribution in [3.05, 3.63) is 24.5 Å². The molecule has 11 heteroatoms. The number of hydrogen-bond acceptors (Lipinski definition) is 8. The summed E-state index contributed by atoms with van der Waals surface area (Å²) in [6.45, 7) is 8.30. The van der Waals surface area contributed by atoms with Gasteiger partial charge in [-0.1, -0.05) is 0 Å². The second-order valence-electron chi connectivity index (χ2n) is 8.98. The van der Waals surface area contributed by atoms with Crippen molar-refractivity contribution in [3.63, 3.8) is 0 Å². The number of imidazole rings is 1. The molecule has 3 aromatic rings. The van der Waals surface area contributed by atoms with Crippen LogP contribution in [-0.4, -0.2) is 88.3 Å². The van der Waals surface area contributed by atoms with E-state index >= 15 is 0 Å². The number of aromatic nitrogens is 6. The molecule has 5 rings (SSSR count). The molecule has 1 N–H and O–H groups in total. The highest BCUT2D eigenvalue weighted by Crippen LogP contribution is 2.29. The summed E-state index contributed by atoms with van der Waals surface area (Å²) < 4.78 is 8.21. The second-order valence-corrected chi connectivity index (χ2v) is 8.98. The number of carbonyl (C=O) groups excluding carboxylic acids is 1. The van der Waals surface area contributed by atoms with Crippen LogP contribution in [0.25, 0.3) is 22.6 Å². The molecule has 0 aliphatic carbocycles. The summed E-state index contributed by atoms with van der Waals surface area (Å²) in [4.78, 5) is 38.5. The molecule has 0 aromatic carbocycles. The predicted molar refractivity (Wildman–Crippen MR) is 120 cm³/mol. The largest absolute Gasteiger partial charge is 0.471 e. The fraction of sp³-hybridized carbons (Fsp3) is 0.545. The molecule has 3 aromatic heterocycles. The van der Waals surface area contributed by atoms with Gasteiger partial charge in [-0.3, -0.25) is 0 Å². The Bertz CT molecular complexity index is 1180. The van der Waals surface area contributed by atoms with Crippen LogP contribution in [0, 0.1) is 6.92 Å². The Morgan fingerprint density at radius 2 is 2.00 bits per heavy atom. The average molecular weight is 453 g/mol. The maximum Gasteiger partial charge on any atom is 0.320 e. The number of fused-ring (bicyclic) bond motifs is 1. The molecule has 2 aliphatic heterocycles. The van der Waals surface area contributed by atoms with Gasteiger partial charge in [-0.15, -0.1) is 0 Å². The van der Waals surface area contributed by atoms with Gasteiger partial charge in [-0.2, -0.15) is 4.98 Å². The minimum atomic E-state index is -0.809. The molecule has 2 atom stereocenters. The monoisotopic (exact) mass is 452 g/mol. The smallest absolute Gasteiger partial charge is 0.320 e. The second kappa shape index (κ2) is 8.22. The number of rotatable bonds is 4. The van der Waals surface area contributed by atoms with Gasteiger partial charge in [0.25, 0.3) is 0 Å². The summed E-state index contributed by atoms with van der Waals surface area (Å²) in [7, 11) is 0. The van der Waals surface area contributed by atoms with Crippen LogP contribution in [0.5, 0.6) is 5.88 Å². The van der Waals surface area contributed by atoms with Gasteiger partial charge < -0.3 is 24.2 Å². The average Bonchev–Trinajstić information content (AvgIpc) is 3.50. The maximum absolute atomic E-state index is 12.8. The van der Waals surface area contributed by atoms with E-state index in [1.807, 2.05) is 18.4 Å². The van der Waals surface area contributed by atoms with Gasteiger partial charge in [0.05, 0.1) is 24.3 Å². The first-order chi connectivity index (χ1) is 15.8. The number of carbonyl (C=O) groups is 1. The molecule has 11 nitrogen and oxygen atoms in total. The fourth-order valence-corrected chi connectivity index (χ4v) is 4.49. The molecule has 33 heavy (non-hydrogen) atoms. The summed E-state index contributed by atoms with van der Waals surface area (Å²) in [5, 5.41) is 10.2. The lowest BCUT2D eigenvalue weighted by Crippen LogP contribution is -2.43. The first-order valence-electron chi connectivity index (χ1n) is 11.3. The number of aliphatic hydroxyl groups is 1. The van der Waals surface area contributed by atoms with E-state index < -0.39 is 5.60 Å². The summed E-state index contributed by atoms with van der Waals surface area (Å²) >= 11 is 0. The molecule has 0 bridgehead atoms. The van der Waals surface area contributed by atoms with Crippen LogP contribution in [0.4, 0.5) is 4.79 Å². The Hall–Kier alpha value is -3.34. The first-order valence-corrected chi connectivity index (χ1v) is 11.3. The van der Waals surface area contributed by atoms with Crippen molar-refractivity contribution >= 4 is 17.2 Å². The topological polar surface area (TPSA) is 122 Å². The quantitative estimate of drug-likeness (QED) is 0.634. The zero-order valence-electron chi connectivity index (χ0n) is 19.1. The van der Waals surface area contributed by atoms with Crippen LogP contribution >= 0.6 is 0 Å². The normalized spacial score (nSPS) is 23.0. The summed E-state index contributed by atoms with van der Waals surface area (Å²) in [6, 6.07) is -0.0522. The van der Waals surface area contributed by atoms with Crippen LogP contribution in [0.2, 0.25) is 0 Å². The van der Waals surface area contributed by atoms with Gasteiger partial charge in [-0.05, 0) is 27.2 Å². The van der Waals surface area contributed by atoms with E-state index in [1.165, 1.54) is 6.33 Å². The van der Waals surface area contributed by atoms with E-state index in [0.717, 1.165) is 5.56 Å². The van der Waals surface area contributed by atoms with Gasteiger partial charge in [0.15, 0.2) is 11.2 Å². The summed E-state index contributed by atoms with van der Waals surface area (Å²) in [5.41, 5.74) is 1.25. The number of amides is 2. The van der Waals surface area contributed by atoms with Crippen molar-refractivity contribution in [2.45, 2.75) is 51.9 Å². The van der Waals surface area contributed by atoms with Gasteiger partial charge in [-0.25, -0.2) is 24.7 Å². The van der Waals surface area contributed by atoms with Crippen molar-refractivity contribution in [1.82, 2.24) is 39.3 Å².